The molecular weight excluding hydrogens is 179 g/mol. The van der Waals surface area contributed by atoms with Crippen molar-refractivity contribution in [1.82, 2.24) is 5.32 Å². The van der Waals surface area contributed by atoms with Crippen LogP contribution in [0.5, 0.6) is 0 Å². The number of rotatable bonds is 2. The molecule has 0 aliphatic carbocycles. The van der Waals surface area contributed by atoms with E-state index in [1.807, 2.05) is 0 Å². The molecule has 1 radical (unpaired) electrons. The predicted molar refractivity (Wildman–Crippen MR) is 28.3 cm³/mol. The second kappa shape index (κ2) is 5.86. The van der Waals surface area contributed by atoms with Gasteiger partial charge in [0, 0.05) is 32.7 Å². The fraction of sp³-hybridized carbons (Fsp3) is 0.400. The first-order valence-corrected chi connectivity index (χ1v) is 2.04. The van der Waals surface area contributed by atoms with Crippen LogP contribution in [0.2, 0.25) is 0 Å². The Morgan fingerprint density at radius 1 is 1.75 bits per heavy atom. The first-order chi connectivity index (χ1) is 3.18. The first kappa shape index (κ1) is 11.5. The van der Waals surface area contributed by atoms with Crippen molar-refractivity contribution in [3.63, 3.8) is 0 Å². The predicted octanol–water partition coefficient (Wildman–Crippen LogP) is 0.157. The average Bonchev–Trinajstić information content (AvgIpc) is 1.65. The second-order valence-corrected chi connectivity index (χ2v) is 1.37. The summed E-state index contributed by atoms with van der Waals surface area (Å²) in [7, 11) is 3.27. The van der Waals surface area contributed by atoms with Gasteiger partial charge in [-0.3, -0.25) is 7.05 Å². The first-order valence-electron chi connectivity index (χ1n) is 2.04. The minimum absolute atomic E-state index is 0. The summed E-state index contributed by atoms with van der Waals surface area (Å²) in [6, 6.07) is -0.347. The Hall–Kier alpha value is 0.734. The summed E-state index contributed by atoms with van der Waals surface area (Å²) in [6.45, 7) is 4.90. The molecule has 0 spiro atoms. The second-order valence-electron chi connectivity index (χ2n) is 1.37. The van der Waals surface area contributed by atoms with Crippen molar-refractivity contribution in [2.45, 2.75) is 13.0 Å². The Morgan fingerprint density at radius 3 is 2.12 bits per heavy atom. The van der Waals surface area contributed by atoms with E-state index < -0.39 is 0 Å². The normalized spacial score (nSPS) is 11.9. The Kier molecular flexibility index (Phi) is 8.44. The van der Waals surface area contributed by atoms with Gasteiger partial charge in [-0.2, -0.15) is 0 Å². The molecule has 0 saturated heterocycles. The van der Waals surface area contributed by atoms with Crippen LogP contribution in [0.3, 0.4) is 0 Å². The monoisotopic (exact) mass is 188 g/mol. The van der Waals surface area contributed by atoms with Gasteiger partial charge in [-0.25, -0.2) is 0 Å². The van der Waals surface area contributed by atoms with Gasteiger partial charge >= 0.3 is 0 Å². The van der Waals surface area contributed by atoms with Gasteiger partial charge in [0.2, 0.25) is 0 Å². The van der Waals surface area contributed by atoms with Crippen molar-refractivity contribution < 1.29 is 37.5 Å². The van der Waals surface area contributed by atoms with Gasteiger partial charge in [0.15, 0.2) is 0 Å². The SMILES string of the molecule is [CH2-]NC([CH2-])C(C)=O.[Y]. The van der Waals surface area contributed by atoms with Gasteiger partial charge < -0.3 is 17.0 Å². The van der Waals surface area contributed by atoms with Crippen LogP contribution in [0.25, 0.3) is 0 Å². The fourth-order valence-corrected chi connectivity index (χ4v) is 0.144. The summed E-state index contributed by atoms with van der Waals surface area (Å²) in [5.41, 5.74) is 0. The third kappa shape index (κ3) is 4.88. The fourth-order valence-electron chi connectivity index (χ4n) is 0.144. The van der Waals surface area contributed by atoms with Crippen LogP contribution in [-0.2, 0) is 37.5 Å². The zero-order valence-electron chi connectivity index (χ0n) is 4.98. The van der Waals surface area contributed by atoms with Gasteiger partial charge in [0.1, 0.15) is 5.78 Å². The average molecular weight is 188 g/mol. The van der Waals surface area contributed by atoms with E-state index in [2.05, 4.69) is 19.3 Å². The topological polar surface area (TPSA) is 29.1 Å². The maximum absolute atomic E-state index is 10.2. The van der Waals surface area contributed by atoms with Crippen LogP contribution in [0, 0.1) is 14.0 Å². The number of carbonyl (C=O) groups is 1. The van der Waals surface area contributed by atoms with Gasteiger partial charge in [-0.1, -0.05) is 6.04 Å². The Morgan fingerprint density at radius 2 is 2.12 bits per heavy atom. The molecule has 1 unspecified atom stereocenters. The minimum atomic E-state index is -0.347. The van der Waals surface area contributed by atoms with Gasteiger partial charge in [0.05, 0.1) is 0 Å². The molecule has 8 heavy (non-hydrogen) atoms. The number of hydrogen-bond donors (Lipinski definition) is 1. The third-order valence-corrected chi connectivity index (χ3v) is 0.737. The molecular formula is C5H9NOY-2. The third-order valence-electron chi connectivity index (χ3n) is 0.737. The molecule has 3 heteroatoms. The van der Waals surface area contributed by atoms with E-state index in [0.717, 1.165) is 0 Å². The van der Waals surface area contributed by atoms with Crippen LogP contribution in [-0.4, -0.2) is 11.8 Å². The zero-order valence-corrected chi connectivity index (χ0v) is 7.82. The molecule has 0 rings (SSSR count). The maximum atomic E-state index is 10.2. The number of nitrogens with one attached hydrogen (secondary N) is 1. The molecule has 0 aromatic heterocycles. The summed E-state index contributed by atoms with van der Waals surface area (Å²) in [5, 5.41) is 2.45. The van der Waals surface area contributed by atoms with Crippen molar-refractivity contribution in [1.29, 1.82) is 0 Å². The number of hydrogen-bond acceptors (Lipinski definition) is 2. The largest absolute Gasteiger partial charge is 0.490 e. The van der Waals surface area contributed by atoms with Crippen molar-refractivity contribution in [3.05, 3.63) is 14.0 Å². The number of carbonyl (C=O) groups excluding carboxylic acids is 1. The van der Waals surface area contributed by atoms with E-state index in [1.54, 1.807) is 0 Å². The quantitative estimate of drug-likeness (QED) is 0.625. The number of ketones is 1. The maximum Gasteiger partial charge on any atom is 0.113 e. The smallest absolute Gasteiger partial charge is 0.113 e. The van der Waals surface area contributed by atoms with E-state index in [-0.39, 0.29) is 44.5 Å². The Labute approximate surface area is 75.3 Å². The van der Waals surface area contributed by atoms with Crippen LogP contribution in [0.4, 0.5) is 0 Å². The molecule has 0 aliphatic rings. The molecule has 0 bridgehead atoms. The number of Topliss-reactive ketones (excluding diaryl/α,β-unsaturated/α-hetero) is 1. The molecule has 0 saturated carbocycles. The molecule has 0 amide bonds. The van der Waals surface area contributed by atoms with Crippen molar-refractivity contribution in [2.75, 3.05) is 0 Å². The minimum Gasteiger partial charge on any atom is -0.490 e. The van der Waals surface area contributed by atoms with E-state index in [0.29, 0.717) is 0 Å². The van der Waals surface area contributed by atoms with Crippen molar-refractivity contribution >= 4 is 5.78 Å². The van der Waals surface area contributed by atoms with Crippen molar-refractivity contribution in [3.8, 4) is 0 Å². The van der Waals surface area contributed by atoms with E-state index >= 15 is 0 Å². The molecule has 0 aromatic rings. The van der Waals surface area contributed by atoms with E-state index in [9.17, 15) is 4.79 Å². The van der Waals surface area contributed by atoms with Crippen LogP contribution >= 0.6 is 0 Å². The Balaban J connectivity index is 0. The standard InChI is InChI=1S/C5H9NO.Y/c1-4(6-3)5(2)7;/h4,6H,1,3H2,2H3;/q-2;. The summed E-state index contributed by atoms with van der Waals surface area (Å²) >= 11 is 0. The molecule has 0 heterocycles. The molecule has 1 atom stereocenters. The van der Waals surface area contributed by atoms with Gasteiger partial charge in [-0.15, -0.1) is 0 Å². The molecule has 2 nitrogen and oxygen atoms in total. The summed E-state index contributed by atoms with van der Waals surface area (Å²) in [4.78, 5) is 10.2. The van der Waals surface area contributed by atoms with Crippen LogP contribution in [0.15, 0.2) is 0 Å². The molecule has 0 fully saturated rings. The van der Waals surface area contributed by atoms with Crippen molar-refractivity contribution in [2.24, 2.45) is 0 Å². The molecule has 0 aliphatic heterocycles. The molecule has 0 aromatic carbocycles. The Bertz CT molecular complexity index is 74.8. The van der Waals surface area contributed by atoms with E-state index in [4.69, 9.17) is 0 Å². The van der Waals surface area contributed by atoms with Crippen LogP contribution < -0.4 is 5.32 Å². The molecule has 45 valence electrons. The summed E-state index contributed by atoms with van der Waals surface area (Å²) in [5.74, 6) is 0.00926. The summed E-state index contributed by atoms with van der Waals surface area (Å²) < 4.78 is 0. The van der Waals surface area contributed by atoms with Gasteiger partial charge in [0.25, 0.3) is 0 Å². The van der Waals surface area contributed by atoms with Crippen LogP contribution in [0.1, 0.15) is 6.92 Å². The molecule has 1 N–H and O–H groups in total. The summed E-state index contributed by atoms with van der Waals surface area (Å²) in [6.07, 6.45) is 0. The zero-order chi connectivity index (χ0) is 5.86. The van der Waals surface area contributed by atoms with E-state index in [1.165, 1.54) is 6.92 Å². The van der Waals surface area contributed by atoms with Gasteiger partial charge in [-0.05, 0) is 6.92 Å².